The van der Waals surface area contributed by atoms with Gasteiger partial charge < -0.3 is 13.7 Å². The van der Waals surface area contributed by atoms with Crippen molar-refractivity contribution in [1.82, 2.24) is 15.1 Å². The van der Waals surface area contributed by atoms with Crippen LogP contribution in [0.1, 0.15) is 28.7 Å². The van der Waals surface area contributed by atoms with Gasteiger partial charge in [-0.3, -0.25) is 0 Å². The Morgan fingerprint density at radius 3 is 2.63 bits per heavy atom. The second kappa shape index (κ2) is 7.45. The number of rotatable bonds is 6. The minimum absolute atomic E-state index is 0.462. The van der Waals surface area contributed by atoms with Crippen LogP contribution in [0.15, 0.2) is 63.5 Å². The van der Waals surface area contributed by atoms with Gasteiger partial charge in [0, 0.05) is 5.56 Å². The maximum absolute atomic E-state index is 5.79. The normalized spacial score (nSPS) is 10.9. The van der Waals surface area contributed by atoms with Crippen LogP contribution in [-0.4, -0.2) is 22.2 Å². The van der Waals surface area contributed by atoms with E-state index in [1.807, 2.05) is 61.5 Å². The average molecular weight is 361 g/mol. The minimum atomic E-state index is 0.462. The molecule has 0 aliphatic rings. The van der Waals surface area contributed by atoms with E-state index in [0.717, 1.165) is 28.3 Å². The number of ether oxygens (including phenoxy) is 1. The summed E-state index contributed by atoms with van der Waals surface area (Å²) in [4.78, 5) is 9.07. The van der Waals surface area contributed by atoms with Crippen molar-refractivity contribution >= 4 is 0 Å². The van der Waals surface area contributed by atoms with Crippen molar-refractivity contribution in [3.63, 3.8) is 0 Å². The highest BCUT2D eigenvalue weighted by Gasteiger charge is 2.15. The van der Waals surface area contributed by atoms with Crippen molar-refractivity contribution in [1.29, 1.82) is 0 Å². The van der Waals surface area contributed by atoms with Crippen LogP contribution in [0.2, 0.25) is 0 Å². The molecule has 2 aromatic heterocycles. The number of methoxy groups -OCH3 is 1. The molecule has 136 valence electrons. The third-order valence-corrected chi connectivity index (χ3v) is 4.24. The number of hydrogen-bond acceptors (Lipinski definition) is 6. The second-order valence-corrected chi connectivity index (χ2v) is 6.20. The molecule has 6 heteroatoms. The van der Waals surface area contributed by atoms with E-state index >= 15 is 0 Å². The van der Waals surface area contributed by atoms with E-state index in [9.17, 15) is 0 Å². The molecule has 0 saturated heterocycles. The average Bonchev–Trinajstić information content (AvgIpc) is 3.29. The van der Waals surface area contributed by atoms with Crippen LogP contribution in [0.25, 0.3) is 11.5 Å². The first-order chi connectivity index (χ1) is 13.2. The maximum atomic E-state index is 5.79. The molecular formula is C21H19N3O3. The van der Waals surface area contributed by atoms with Gasteiger partial charge in [0.15, 0.2) is 5.82 Å². The van der Waals surface area contributed by atoms with Gasteiger partial charge in [0.05, 0.1) is 25.6 Å². The molecule has 27 heavy (non-hydrogen) atoms. The van der Waals surface area contributed by atoms with E-state index in [1.165, 1.54) is 0 Å². The summed E-state index contributed by atoms with van der Waals surface area (Å²) in [5.74, 6) is 3.31. The lowest BCUT2D eigenvalue weighted by Crippen LogP contribution is -1.95. The molecule has 0 aliphatic carbocycles. The van der Waals surface area contributed by atoms with Gasteiger partial charge in [0.2, 0.25) is 11.8 Å². The number of aromatic nitrogens is 3. The highest BCUT2D eigenvalue weighted by atomic mass is 16.5. The van der Waals surface area contributed by atoms with Gasteiger partial charge >= 0.3 is 0 Å². The van der Waals surface area contributed by atoms with Gasteiger partial charge in [0.1, 0.15) is 11.5 Å². The zero-order valence-electron chi connectivity index (χ0n) is 15.2. The lowest BCUT2D eigenvalue weighted by Gasteiger charge is -2.01. The number of oxazole rings is 1. The fourth-order valence-electron chi connectivity index (χ4n) is 2.84. The van der Waals surface area contributed by atoms with Gasteiger partial charge in [-0.25, -0.2) is 4.98 Å². The van der Waals surface area contributed by atoms with Gasteiger partial charge in [-0.15, -0.1) is 0 Å². The molecular weight excluding hydrogens is 342 g/mol. The number of aryl methyl sites for hydroxylation is 1. The lowest BCUT2D eigenvalue weighted by atomic mass is 10.1. The van der Waals surface area contributed by atoms with E-state index in [0.29, 0.717) is 30.4 Å². The fourth-order valence-corrected chi connectivity index (χ4v) is 2.84. The molecule has 0 amide bonds. The molecule has 4 rings (SSSR count). The molecule has 0 unspecified atom stereocenters. The Hall–Kier alpha value is -3.41. The zero-order valence-corrected chi connectivity index (χ0v) is 15.2. The second-order valence-electron chi connectivity index (χ2n) is 6.20. The molecule has 0 aliphatic heterocycles. The van der Waals surface area contributed by atoms with Crippen molar-refractivity contribution in [3.8, 4) is 17.2 Å². The summed E-state index contributed by atoms with van der Waals surface area (Å²) >= 11 is 0. The standard InChI is InChI=1S/C21H19N3O3/c1-14-18(22-21(26-14)16-8-4-3-5-9-16)13-19-23-20(27-24-19)12-15-7-6-10-17(11-15)25-2/h3-11H,12-13H2,1-2H3. The number of benzene rings is 2. The largest absolute Gasteiger partial charge is 0.497 e. The Kier molecular flexibility index (Phi) is 4.70. The van der Waals surface area contributed by atoms with Crippen LogP contribution in [0.4, 0.5) is 0 Å². The number of hydrogen-bond donors (Lipinski definition) is 0. The smallest absolute Gasteiger partial charge is 0.231 e. The van der Waals surface area contributed by atoms with Crippen LogP contribution in [0, 0.1) is 6.92 Å². The minimum Gasteiger partial charge on any atom is -0.497 e. The van der Waals surface area contributed by atoms with Gasteiger partial charge in [0.25, 0.3) is 0 Å². The Morgan fingerprint density at radius 1 is 0.963 bits per heavy atom. The van der Waals surface area contributed by atoms with Crippen LogP contribution >= 0.6 is 0 Å². The van der Waals surface area contributed by atoms with E-state index in [2.05, 4.69) is 15.1 Å². The predicted molar refractivity (Wildman–Crippen MR) is 99.6 cm³/mol. The van der Waals surface area contributed by atoms with Crippen LogP contribution in [-0.2, 0) is 12.8 Å². The quantitative estimate of drug-likeness (QED) is 0.512. The Labute approximate surface area is 156 Å². The Bertz CT molecular complexity index is 1040. The third-order valence-electron chi connectivity index (χ3n) is 4.24. The molecule has 0 radical (unpaired) electrons. The summed E-state index contributed by atoms with van der Waals surface area (Å²) in [5.41, 5.74) is 2.80. The summed E-state index contributed by atoms with van der Waals surface area (Å²) in [7, 11) is 1.65. The van der Waals surface area contributed by atoms with E-state index < -0.39 is 0 Å². The van der Waals surface area contributed by atoms with Crippen molar-refractivity contribution in [2.45, 2.75) is 19.8 Å². The lowest BCUT2D eigenvalue weighted by molar-refractivity contribution is 0.379. The molecule has 6 nitrogen and oxygen atoms in total. The SMILES string of the molecule is COc1cccc(Cc2nc(Cc3nc(-c4ccccc4)oc3C)no2)c1. The Balaban J connectivity index is 1.49. The summed E-state index contributed by atoms with van der Waals surface area (Å²) in [5, 5.41) is 4.07. The van der Waals surface area contributed by atoms with E-state index in [-0.39, 0.29) is 0 Å². The van der Waals surface area contributed by atoms with E-state index in [4.69, 9.17) is 13.7 Å². The first-order valence-corrected chi connectivity index (χ1v) is 8.67. The summed E-state index contributed by atoms with van der Waals surface area (Å²) < 4.78 is 16.4. The molecule has 4 aromatic rings. The maximum Gasteiger partial charge on any atom is 0.231 e. The first-order valence-electron chi connectivity index (χ1n) is 8.67. The van der Waals surface area contributed by atoms with Crippen molar-refractivity contribution in [2.24, 2.45) is 0 Å². The highest BCUT2D eigenvalue weighted by molar-refractivity contribution is 5.53. The van der Waals surface area contributed by atoms with E-state index in [1.54, 1.807) is 7.11 Å². The molecule has 0 saturated carbocycles. The van der Waals surface area contributed by atoms with Gasteiger partial charge in [-0.1, -0.05) is 35.5 Å². The van der Waals surface area contributed by atoms with Crippen molar-refractivity contribution < 1.29 is 13.7 Å². The molecule has 0 atom stereocenters. The monoisotopic (exact) mass is 361 g/mol. The summed E-state index contributed by atoms with van der Waals surface area (Å²) in [6, 6.07) is 17.6. The molecule has 2 heterocycles. The molecule has 0 fully saturated rings. The van der Waals surface area contributed by atoms with Crippen LogP contribution in [0.3, 0.4) is 0 Å². The van der Waals surface area contributed by atoms with Gasteiger partial charge in [-0.2, -0.15) is 4.98 Å². The summed E-state index contributed by atoms with van der Waals surface area (Å²) in [6.45, 7) is 1.89. The molecule has 0 spiro atoms. The number of nitrogens with zero attached hydrogens (tertiary/aromatic N) is 3. The zero-order chi connectivity index (χ0) is 18.6. The van der Waals surface area contributed by atoms with Gasteiger partial charge in [-0.05, 0) is 36.8 Å². The third kappa shape index (κ3) is 3.89. The van der Waals surface area contributed by atoms with Crippen molar-refractivity contribution in [2.75, 3.05) is 7.11 Å². The molecule has 0 bridgehead atoms. The van der Waals surface area contributed by atoms with Crippen LogP contribution in [0.5, 0.6) is 5.75 Å². The fraction of sp³-hybridized carbons (Fsp3) is 0.190. The molecule has 2 aromatic carbocycles. The highest BCUT2D eigenvalue weighted by Crippen LogP contribution is 2.23. The molecule has 0 N–H and O–H groups in total. The Morgan fingerprint density at radius 2 is 1.81 bits per heavy atom. The summed E-state index contributed by atoms with van der Waals surface area (Å²) in [6.07, 6.45) is 1.01. The first kappa shape index (κ1) is 17.0. The van der Waals surface area contributed by atoms with Crippen LogP contribution < -0.4 is 4.74 Å². The predicted octanol–water partition coefficient (Wildman–Crippen LogP) is 4.22. The van der Waals surface area contributed by atoms with Crippen molar-refractivity contribution in [3.05, 3.63) is 83.3 Å². The topological polar surface area (TPSA) is 74.2 Å².